The maximum Gasteiger partial charge on any atom is 0.0245 e. The highest BCUT2D eigenvalue weighted by atomic mass is 79.9. The maximum atomic E-state index is 3.63. The summed E-state index contributed by atoms with van der Waals surface area (Å²) in [5.74, 6) is 0. The van der Waals surface area contributed by atoms with Crippen molar-refractivity contribution in [2.75, 3.05) is 19.6 Å². The molecule has 0 aliphatic carbocycles. The third-order valence-electron chi connectivity index (χ3n) is 3.41. The van der Waals surface area contributed by atoms with Crippen LogP contribution < -0.4 is 5.32 Å². The quantitative estimate of drug-likeness (QED) is 0.922. The van der Waals surface area contributed by atoms with Crippen molar-refractivity contribution >= 4 is 15.9 Å². The number of benzene rings is 1. The number of hydrogen-bond acceptors (Lipinski definition) is 2. The molecule has 2 nitrogen and oxygen atoms in total. The Bertz CT molecular complexity index is 354. The molecule has 1 aliphatic rings. The zero-order chi connectivity index (χ0) is 12.1. The number of hydrogen-bond donors (Lipinski definition) is 1. The van der Waals surface area contributed by atoms with E-state index in [1.807, 2.05) is 0 Å². The summed E-state index contributed by atoms with van der Waals surface area (Å²) in [6.07, 6.45) is 2.47. The smallest absolute Gasteiger partial charge is 0.0245 e. The Morgan fingerprint density at radius 3 is 3.00 bits per heavy atom. The molecule has 2 rings (SSSR count). The normalized spacial score (nSPS) is 22.4. The second-order valence-electron chi connectivity index (χ2n) is 4.74. The molecule has 1 aliphatic heterocycles. The molecule has 0 radical (unpaired) electrons. The minimum absolute atomic E-state index is 0.653. The molecular weight excluding hydrogens is 276 g/mol. The van der Waals surface area contributed by atoms with Crippen molar-refractivity contribution in [1.29, 1.82) is 0 Å². The summed E-state index contributed by atoms with van der Waals surface area (Å²) >= 11 is 3.63. The fraction of sp³-hybridized carbons (Fsp3) is 0.571. The van der Waals surface area contributed by atoms with Gasteiger partial charge < -0.3 is 5.32 Å². The third-order valence-corrected chi connectivity index (χ3v) is 4.18. The van der Waals surface area contributed by atoms with E-state index in [0.717, 1.165) is 19.6 Å². The molecule has 1 N–H and O–H groups in total. The van der Waals surface area contributed by atoms with Gasteiger partial charge >= 0.3 is 0 Å². The van der Waals surface area contributed by atoms with Crippen LogP contribution in [0, 0.1) is 0 Å². The van der Waals surface area contributed by atoms with Gasteiger partial charge in [0.05, 0.1) is 0 Å². The van der Waals surface area contributed by atoms with E-state index in [2.05, 4.69) is 57.3 Å². The molecule has 17 heavy (non-hydrogen) atoms. The highest BCUT2D eigenvalue weighted by molar-refractivity contribution is 9.10. The predicted octanol–water partition coefficient (Wildman–Crippen LogP) is 3.02. The molecule has 1 saturated heterocycles. The predicted molar refractivity (Wildman–Crippen MR) is 76.1 cm³/mol. The fourth-order valence-electron chi connectivity index (χ4n) is 2.36. The lowest BCUT2D eigenvalue weighted by Gasteiger charge is -2.24. The Balaban J connectivity index is 2.00. The lowest BCUT2D eigenvalue weighted by atomic mass is 10.2. The van der Waals surface area contributed by atoms with Crippen LogP contribution in [0.1, 0.15) is 25.3 Å². The summed E-state index contributed by atoms with van der Waals surface area (Å²) in [4.78, 5) is 2.56. The van der Waals surface area contributed by atoms with Gasteiger partial charge in [-0.1, -0.05) is 41.1 Å². The number of rotatable bonds is 3. The zero-order valence-corrected chi connectivity index (χ0v) is 12.0. The molecule has 1 aromatic rings. The molecule has 0 amide bonds. The van der Waals surface area contributed by atoms with Gasteiger partial charge in [-0.25, -0.2) is 0 Å². The second kappa shape index (κ2) is 6.53. The summed E-state index contributed by atoms with van der Waals surface area (Å²) in [6, 6.07) is 9.19. The van der Waals surface area contributed by atoms with Crippen molar-refractivity contribution in [3.05, 3.63) is 34.3 Å². The molecule has 0 saturated carbocycles. The van der Waals surface area contributed by atoms with Crippen molar-refractivity contribution in [2.45, 2.75) is 32.4 Å². The molecule has 0 bridgehead atoms. The van der Waals surface area contributed by atoms with Crippen LogP contribution in [0.5, 0.6) is 0 Å². The Hall–Kier alpha value is -0.380. The fourth-order valence-corrected chi connectivity index (χ4v) is 2.77. The van der Waals surface area contributed by atoms with Gasteiger partial charge in [0.25, 0.3) is 0 Å². The average Bonchev–Trinajstić information content (AvgIpc) is 2.57. The lowest BCUT2D eigenvalue weighted by Crippen LogP contribution is -2.36. The SMILES string of the molecule is CCC1CN(Cc2ccccc2Br)CCCN1. The standard InChI is InChI=1S/C14H21BrN2/c1-2-13-11-17(9-5-8-16-13)10-12-6-3-4-7-14(12)15/h3-4,6-7,13,16H,2,5,8-11H2,1H3. The molecule has 1 fully saturated rings. The van der Waals surface area contributed by atoms with Gasteiger partial charge in [-0.2, -0.15) is 0 Å². The van der Waals surface area contributed by atoms with Crippen LogP contribution in [-0.4, -0.2) is 30.6 Å². The summed E-state index contributed by atoms with van der Waals surface area (Å²) in [5, 5.41) is 3.61. The van der Waals surface area contributed by atoms with Gasteiger partial charge in [-0.3, -0.25) is 4.90 Å². The highest BCUT2D eigenvalue weighted by Crippen LogP contribution is 2.18. The van der Waals surface area contributed by atoms with Crippen LogP contribution >= 0.6 is 15.9 Å². The molecule has 1 aromatic carbocycles. The van der Waals surface area contributed by atoms with E-state index in [9.17, 15) is 0 Å². The lowest BCUT2D eigenvalue weighted by molar-refractivity contribution is 0.257. The van der Waals surface area contributed by atoms with Crippen molar-refractivity contribution in [1.82, 2.24) is 10.2 Å². The van der Waals surface area contributed by atoms with Crippen molar-refractivity contribution in [3.63, 3.8) is 0 Å². The van der Waals surface area contributed by atoms with E-state index in [0.29, 0.717) is 6.04 Å². The van der Waals surface area contributed by atoms with Gasteiger partial charge in [0.1, 0.15) is 0 Å². The van der Waals surface area contributed by atoms with Crippen LogP contribution in [0.3, 0.4) is 0 Å². The van der Waals surface area contributed by atoms with Gasteiger partial charge in [-0.05, 0) is 37.6 Å². The monoisotopic (exact) mass is 296 g/mol. The molecule has 1 atom stereocenters. The molecule has 1 heterocycles. The topological polar surface area (TPSA) is 15.3 Å². The van der Waals surface area contributed by atoms with E-state index in [-0.39, 0.29) is 0 Å². The number of nitrogens with zero attached hydrogens (tertiary/aromatic N) is 1. The summed E-state index contributed by atoms with van der Waals surface area (Å²) in [7, 11) is 0. The van der Waals surface area contributed by atoms with E-state index in [4.69, 9.17) is 0 Å². The Kier molecular flexibility index (Phi) is 5.01. The van der Waals surface area contributed by atoms with E-state index >= 15 is 0 Å². The summed E-state index contributed by atoms with van der Waals surface area (Å²) in [6.45, 7) is 6.84. The van der Waals surface area contributed by atoms with Crippen LogP contribution in [0.4, 0.5) is 0 Å². The van der Waals surface area contributed by atoms with Crippen LogP contribution in [0.15, 0.2) is 28.7 Å². The van der Waals surface area contributed by atoms with Crippen molar-refractivity contribution < 1.29 is 0 Å². The minimum Gasteiger partial charge on any atom is -0.313 e. The first-order valence-electron chi connectivity index (χ1n) is 6.48. The third kappa shape index (κ3) is 3.80. The molecular formula is C14H21BrN2. The van der Waals surface area contributed by atoms with E-state index in [1.165, 1.54) is 29.4 Å². The van der Waals surface area contributed by atoms with Crippen molar-refractivity contribution in [2.24, 2.45) is 0 Å². The van der Waals surface area contributed by atoms with Gasteiger partial charge in [0.15, 0.2) is 0 Å². The summed E-state index contributed by atoms with van der Waals surface area (Å²) < 4.78 is 1.23. The van der Waals surface area contributed by atoms with E-state index < -0.39 is 0 Å². The molecule has 3 heteroatoms. The largest absolute Gasteiger partial charge is 0.313 e. The Morgan fingerprint density at radius 2 is 2.24 bits per heavy atom. The Morgan fingerprint density at radius 1 is 1.41 bits per heavy atom. The first-order valence-corrected chi connectivity index (χ1v) is 7.28. The second-order valence-corrected chi connectivity index (χ2v) is 5.59. The molecule has 0 spiro atoms. The van der Waals surface area contributed by atoms with Crippen LogP contribution in [0.2, 0.25) is 0 Å². The average molecular weight is 297 g/mol. The van der Waals surface area contributed by atoms with Gasteiger partial charge in [-0.15, -0.1) is 0 Å². The Labute approximate surface area is 113 Å². The van der Waals surface area contributed by atoms with Crippen LogP contribution in [0.25, 0.3) is 0 Å². The first-order chi connectivity index (χ1) is 8.29. The zero-order valence-electron chi connectivity index (χ0n) is 10.5. The molecule has 1 unspecified atom stereocenters. The highest BCUT2D eigenvalue weighted by Gasteiger charge is 2.16. The molecule has 94 valence electrons. The number of halogens is 1. The van der Waals surface area contributed by atoms with E-state index in [1.54, 1.807) is 0 Å². The first kappa shape index (κ1) is 13.1. The maximum absolute atomic E-state index is 3.63. The number of nitrogens with one attached hydrogen (secondary N) is 1. The van der Waals surface area contributed by atoms with Crippen LogP contribution in [-0.2, 0) is 6.54 Å². The minimum atomic E-state index is 0.653. The van der Waals surface area contributed by atoms with Crippen molar-refractivity contribution in [3.8, 4) is 0 Å². The molecule has 0 aromatic heterocycles. The van der Waals surface area contributed by atoms with Gasteiger partial charge in [0, 0.05) is 23.6 Å². The van der Waals surface area contributed by atoms with Gasteiger partial charge in [0.2, 0.25) is 0 Å². The summed E-state index contributed by atoms with van der Waals surface area (Å²) in [5.41, 5.74) is 1.39.